The molecule has 1 saturated heterocycles. The lowest BCUT2D eigenvalue weighted by atomic mass is 9.89. The van der Waals surface area contributed by atoms with E-state index in [-0.39, 0.29) is 23.4 Å². The van der Waals surface area contributed by atoms with Crippen LogP contribution in [0.5, 0.6) is 0 Å². The van der Waals surface area contributed by atoms with Crippen molar-refractivity contribution in [1.82, 2.24) is 4.90 Å². The Morgan fingerprint density at radius 1 is 0.971 bits per heavy atom. The number of carbonyl (C=O) groups excluding carboxylic acids is 2. The number of hydrogen-bond acceptors (Lipinski definition) is 4. The van der Waals surface area contributed by atoms with E-state index in [4.69, 9.17) is 17.3 Å². The van der Waals surface area contributed by atoms with E-state index >= 15 is 0 Å². The molecule has 1 amide bonds. The molecule has 0 bridgehead atoms. The Kier molecular flexibility index (Phi) is 7.60. The summed E-state index contributed by atoms with van der Waals surface area (Å²) >= 11 is 6.20. The Balaban J connectivity index is 1.40. The molecule has 0 saturated carbocycles. The summed E-state index contributed by atoms with van der Waals surface area (Å²) < 4.78 is 13.2. The molecule has 1 aliphatic rings. The summed E-state index contributed by atoms with van der Waals surface area (Å²) in [6.45, 7) is 2.68. The second kappa shape index (κ2) is 10.8. The molecule has 0 unspecified atom stereocenters. The van der Waals surface area contributed by atoms with Crippen molar-refractivity contribution in [2.24, 2.45) is 5.92 Å². The Bertz CT molecular complexity index is 1140. The number of rotatable bonds is 7. The first-order valence-electron chi connectivity index (χ1n) is 11.4. The number of hydrogen-bond donors (Lipinski definition) is 1. The van der Waals surface area contributed by atoms with Gasteiger partial charge in [-0.15, -0.1) is 0 Å². The number of benzene rings is 3. The van der Waals surface area contributed by atoms with Gasteiger partial charge in [0.05, 0.1) is 0 Å². The van der Waals surface area contributed by atoms with Crippen LogP contribution in [0.25, 0.3) is 0 Å². The lowest BCUT2D eigenvalue weighted by Gasteiger charge is -2.33. The molecule has 1 heterocycles. The number of nitrogen functional groups attached to an aromatic ring is 1. The molecule has 1 fully saturated rings. The fraction of sp³-hybridized carbons (Fsp3) is 0.259. The SMILES string of the molecule is Nc1ccc(C(=O)N(CCN2CCC(C(=O)c3ccc(F)cc3)CC2)c2cccc(Cl)c2)cc1. The van der Waals surface area contributed by atoms with E-state index in [1.54, 1.807) is 53.4 Å². The summed E-state index contributed by atoms with van der Waals surface area (Å²) in [5.74, 6) is -0.464. The highest BCUT2D eigenvalue weighted by atomic mass is 35.5. The van der Waals surface area contributed by atoms with Crippen molar-refractivity contribution >= 4 is 34.7 Å². The van der Waals surface area contributed by atoms with Gasteiger partial charge in [-0.05, 0) is 92.7 Å². The minimum Gasteiger partial charge on any atom is -0.399 e. The molecule has 34 heavy (non-hydrogen) atoms. The average molecular weight is 480 g/mol. The quantitative estimate of drug-likeness (QED) is 0.368. The van der Waals surface area contributed by atoms with E-state index in [1.807, 2.05) is 12.1 Å². The number of Topliss-reactive ketones (excluding diaryl/α,β-unsaturated/α-hetero) is 1. The van der Waals surface area contributed by atoms with Gasteiger partial charge >= 0.3 is 0 Å². The van der Waals surface area contributed by atoms with E-state index < -0.39 is 0 Å². The number of carbonyl (C=O) groups is 2. The number of ketones is 1. The van der Waals surface area contributed by atoms with Crippen LogP contribution in [-0.4, -0.2) is 42.8 Å². The smallest absolute Gasteiger partial charge is 0.258 e. The average Bonchev–Trinajstić information content (AvgIpc) is 2.85. The van der Waals surface area contributed by atoms with Gasteiger partial charge in [0.15, 0.2) is 5.78 Å². The zero-order valence-electron chi connectivity index (χ0n) is 18.8. The Labute approximate surface area is 203 Å². The largest absolute Gasteiger partial charge is 0.399 e. The van der Waals surface area contributed by atoms with Crippen molar-refractivity contribution in [3.05, 3.63) is 94.8 Å². The first-order chi connectivity index (χ1) is 16.4. The molecule has 4 rings (SSSR count). The van der Waals surface area contributed by atoms with E-state index in [9.17, 15) is 14.0 Å². The summed E-state index contributed by atoms with van der Waals surface area (Å²) in [6.07, 6.45) is 1.47. The molecule has 3 aromatic rings. The van der Waals surface area contributed by atoms with Crippen LogP contribution in [-0.2, 0) is 0 Å². The minimum atomic E-state index is -0.343. The van der Waals surface area contributed by atoms with Gasteiger partial charge in [0.1, 0.15) is 5.82 Å². The van der Waals surface area contributed by atoms with Crippen LogP contribution in [0.4, 0.5) is 15.8 Å². The molecule has 7 heteroatoms. The van der Waals surface area contributed by atoms with E-state index in [0.717, 1.165) is 31.6 Å². The van der Waals surface area contributed by atoms with Gasteiger partial charge in [-0.25, -0.2) is 4.39 Å². The highest BCUT2D eigenvalue weighted by molar-refractivity contribution is 6.31. The topological polar surface area (TPSA) is 66.6 Å². The summed E-state index contributed by atoms with van der Waals surface area (Å²) in [7, 11) is 0. The lowest BCUT2D eigenvalue weighted by molar-refractivity contribution is 0.0841. The summed E-state index contributed by atoms with van der Waals surface area (Å²) in [5.41, 5.74) is 8.22. The van der Waals surface area contributed by atoms with Gasteiger partial charge in [-0.3, -0.25) is 9.59 Å². The number of piperidine rings is 1. The predicted octanol–water partition coefficient (Wildman–Crippen LogP) is 5.30. The first-order valence-corrected chi connectivity index (χ1v) is 11.7. The maximum atomic E-state index is 13.3. The third-order valence-corrected chi connectivity index (χ3v) is 6.48. The third kappa shape index (κ3) is 5.82. The van der Waals surface area contributed by atoms with Crippen LogP contribution in [0.3, 0.4) is 0 Å². The van der Waals surface area contributed by atoms with Crippen LogP contribution in [0, 0.1) is 11.7 Å². The van der Waals surface area contributed by atoms with Crippen LogP contribution in [0.1, 0.15) is 33.6 Å². The maximum absolute atomic E-state index is 13.3. The summed E-state index contributed by atoms with van der Waals surface area (Å²) in [6, 6.07) is 19.9. The molecular weight excluding hydrogens is 453 g/mol. The zero-order chi connectivity index (χ0) is 24.1. The fourth-order valence-electron chi connectivity index (χ4n) is 4.28. The molecule has 2 N–H and O–H groups in total. The van der Waals surface area contributed by atoms with Gasteiger partial charge < -0.3 is 15.5 Å². The van der Waals surface area contributed by atoms with Gasteiger partial charge in [0, 0.05) is 46.5 Å². The van der Waals surface area contributed by atoms with E-state index in [2.05, 4.69) is 4.90 Å². The Morgan fingerprint density at radius 3 is 2.26 bits per heavy atom. The number of halogens is 2. The molecular formula is C27H27ClFN3O2. The third-order valence-electron chi connectivity index (χ3n) is 6.25. The number of nitrogens with zero attached hydrogens (tertiary/aromatic N) is 2. The van der Waals surface area contributed by atoms with Gasteiger partial charge in [-0.2, -0.15) is 0 Å². The monoisotopic (exact) mass is 479 g/mol. The van der Waals surface area contributed by atoms with Gasteiger partial charge in [0.2, 0.25) is 0 Å². The van der Waals surface area contributed by atoms with Crippen molar-refractivity contribution in [3.63, 3.8) is 0 Å². The molecule has 0 aromatic heterocycles. The molecule has 0 radical (unpaired) electrons. The number of amides is 1. The van der Waals surface area contributed by atoms with Gasteiger partial charge in [0.25, 0.3) is 5.91 Å². The van der Waals surface area contributed by atoms with Crippen molar-refractivity contribution in [3.8, 4) is 0 Å². The molecule has 0 atom stereocenters. The van der Waals surface area contributed by atoms with Crippen LogP contribution in [0.15, 0.2) is 72.8 Å². The Hall–Kier alpha value is -3.22. The second-order valence-corrected chi connectivity index (χ2v) is 8.98. The molecule has 5 nitrogen and oxygen atoms in total. The zero-order valence-corrected chi connectivity index (χ0v) is 19.5. The van der Waals surface area contributed by atoms with Crippen LogP contribution < -0.4 is 10.6 Å². The molecule has 3 aromatic carbocycles. The molecule has 1 aliphatic heterocycles. The minimum absolute atomic E-state index is 0.0675. The predicted molar refractivity (Wildman–Crippen MR) is 134 cm³/mol. The summed E-state index contributed by atoms with van der Waals surface area (Å²) in [5, 5.41) is 0.563. The normalized spacial score (nSPS) is 14.6. The number of nitrogens with two attached hydrogens (primary N) is 1. The number of anilines is 2. The highest BCUT2D eigenvalue weighted by Crippen LogP contribution is 2.24. The van der Waals surface area contributed by atoms with Crippen molar-refractivity contribution in [2.45, 2.75) is 12.8 Å². The standard InChI is InChI=1S/C27H27ClFN3O2/c28-22-2-1-3-25(18-22)32(27(34)21-6-10-24(30)11-7-21)17-16-31-14-12-20(13-15-31)26(33)19-4-8-23(29)9-5-19/h1-11,18,20H,12-17,30H2. The maximum Gasteiger partial charge on any atom is 0.258 e. The van der Waals surface area contributed by atoms with Gasteiger partial charge in [-0.1, -0.05) is 17.7 Å². The Morgan fingerprint density at radius 2 is 1.62 bits per heavy atom. The number of likely N-dealkylation sites (tertiary alicyclic amines) is 1. The van der Waals surface area contributed by atoms with E-state index in [0.29, 0.717) is 34.9 Å². The highest BCUT2D eigenvalue weighted by Gasteiger charge is 2.27. The fourth-order valence-corrected chi connectivity index (χ4v) is 4.47. The summed E-state index contributed by atoms with van der Waals surface area (Å²) in [4.78, 5) is 30.1. The van der Waals surface area contributed by atoms with Crippen LogP contribution in [0.2, 0.25) is 5.02 Å². The van der Waals surface area contributed by atoms with Crippen molar-refractivity contribution in [2.75, 3.05) is 36.8 Å². The lowest BCUT2D eigenvalue weighted by Crippen LogP contribution is -2.42. The van der Waals surface area contributed by atoms with Crippen LogP contribution >= 0.6 is 11.6 Å². The van der Waals surface area contributed by atoms with Crippen molar-refractivity contribution in [1.29, 1.82) is 0 Å². The van der Waals surface area contributed by atoms with E-state index in [1.165, 1.54) is 12.1 Å². The first kappa shape index (κ1) is 23.9. The van der Waals surface area contributed by atoms with Crippen molar-refractivity contribution < 1.29 is 14.0 Å². The molecule has 0 aliphatic carbocycles. The molecule has 0 spiro atoms. The second-order valence-electron chi connectivity index (χ2n) is 8.55. The molecule has 176 valence electrons.